The van der Waals surface area contributed by atoms with Crippen LogP contribution in [0.3, 0.4) is 0 Å². The van der Waals surface area contributed by atoms with Crippen molar-refractivity contribution in [1.82, 2.24) is 10.2 Å². The molecule has 1 atom stereocenters. The van der Waals surface area contributed by atoms with Crippen LogP contribution in [0.2, 0.25) is 5.02 Å². The number of likely N-dealkylation sites (N-methyl/N-ethyl adjacent to an activating group) is 1. The van der Waals surface area contributed by atoms with Gasteiger partial charge in [-0.15, -0.1) is 0 Å². The zero-order chi connectivity index (χ0) is 19.1. The lowest BCUT2D eigenvalue weighted by Crippen LogP contribution is -2.48. The molecule has 2 aromatic rings. The van der Waals surface area contributed by atoms with E-state index in [1.54, 1.807) is 17.9 Å². The van der Waals surface area contributed by atoms with Crippen molar-refractivity contribution in [2.45, 2.75) is 39.8 Å². The Balaban J connectivity index is 2.21. The Hall–Kier alpha value is -2.33. The summed E-state index contributed by atoms with van der Waals surface area (Å²) in [6.07, 6.45) is 0.255. The van der Waals surface area contributed by atoms with Crippen molar-refractivity contribution >= 4 is 23.4 Å². The van der Waals surface area contributed by atoms with Crippen molar-refractivity contribution in [1.29, 1.82) is 0 Å². The van der Waals surface area contributed by atoms with E-state index in [9.17, 15) is 9.59 Å². The number of nitrogens with zero attached hydrogens (tertiary/aromatic N) is 1. The second-order valence-electron chi connectivity index (χ2n) is 6.38. The molecule has 26 heavy (non-hydrogen) atoms. The van der Waals surface area contributed by atoms with E-state index in [0.29, 0.717) is 18.1 Å². The maximum absolute atomic E-state index is 12.9. The molecule has 4 nitrogen and oxygen atoms in total. The molecule has 0 fully saturated rings. The third-order valence-electron chi connectivity index (χ3n) is 4.24. The fourth-order valence-corrected chi connectivity index (χ4v) is 2.93. The van der Waals surface area contributed by atoms with Crippen molar-refractivity contribution in [3.8, 4) is 0 Å². The highest BCUT2D eigenvalue weighted by Gasteiger charge is 2.25. The summed E-state index contributed by atoms with van der Waals surface area (Å²) in [5, 5.41) is 3.40. The van der Waals surface area contributed by atoms with Gasteiger partial charge in [0.05, 0.1) is 6.42 Å². The third kappa shape index (κ3) is 5.60. The van der Waals surface area contributed by atoms with E-state index in [4.69, 9.17) is 11.6 Å². The van der Waals surface area contributed by atoms with Gasteiger partial charge in [-0.1, -0.05) is 53.6 Å². The van der Waals surface area contributed by atoms with E-state index in [1.807, 2.05) is 56.3 Å². The number of nitrogens with one attached hydrogen (secondary N) is 1. The van der Waals surface area contributed by atoms with Crippen molar-refractivity contribution in [2.24, 2.45) is 0 Å². The molecular formula is C21H25ClN2O2. The normalized spacial score (nSPS) is 11.7. The number of hydrogen-bond donors (Lipinski definition) is 1. The summed E-state index contributed by atoms with van der Waals surface area (Å²) < 4.78 is 0. The number of halogens is 1. The maximum Gasteiger partial charge on any atom is 0.242 e. The first-order chi connectivity index (χ1) is 12.4. The Morgan fingerprint density at radius 3 is 2.42 bits per heavy atom. The van der Waals surface area contributed by atoms with Crippen molar-refractivity contribution in [3.05, 3.63) is 70.2 Å². The van der Waals surface area contributed by atoms with E-state index in [0.717, 1.165) is 16.7 Å². The van der Waals surface area contributed by atoms with Crippen LogP contribution in [0, 0.1) is 6.92 Å². The highest BCUT2D eigenvalue weighted by molar-refractivity contribution is 6.30. The monoisotopic (exact) mass is 372 g/mol. The molecule has 138 valence electrons. The van der Waals surface area contributed by atoms with Gasteiger partial charge in [0.15, 0.2) is 0 Å². The highest BCUT2D eigenvalue weighted by Crippen LogP contribution is 2.16. The molecular weight excluding hydrogens is 348 g/mol. The fourth-order valence-electron chi connectivity index (χ4n) is 2.72. The molecule has 2 amide bonds. The van der Waals surface area contributed by atoms with Crippen molar-refractivity contribution in [2.75, 3.05) is 6.54 Å². The van der Waals surface area contributed by atoms with Crippen LogP contribution in [0.4, 0.5) is 0 Å². The minimum absolute atomic E-state index is 0.0902. The molecule has 0 aliphatic heterocycles. The van der Waals surface area contributed by atoms with Crippen LogP contribution >= 0.6 is 11.6 Å². The summed E-state index contributed by atoms with van der Waals surface area (Å²) in [6, 6.07) is 14.7. The molecule has 0 aliphatic carbocycles. The standard InChI is InChI=1S/C21H25ClN2O2/c1-4-23-21(26)16(3)24(14-18-6-5-7-19(22)12-18)20(25)13-17-10-8-15(2)9-11-17/h5-12,16H,4,13-14H2,1-3H3,(H,23,26)/t16-/m1/s1. The number of carbonyl (C=O) groups is 2. The Morgan fingerprint density at radius 1 is 1.12 bits per heavy atom. The average Bonchev–Trinajstić information content (AvgIpc) is 2.61. The first kappa shape index (κ1) is 20.0. The summed E-state index contributed by atoms with van der Waals surface area (Å²) in [4.78, 5) is 26.9. The van der Waals surface area contributed by atoms with Gasteiger partial charge in [-0.25, -0.2) is 0 Å². The molecule has 0 saturated heterocycles. The van der Waals surface area contributed by atoms with Gasteiger partial charge in [0.25, 0.3) is 0 Å². The van der Waals surface area contributed by atoms with Crippen LogP contribution in [0.5, 0.6) is 0 Å². The van der Waals surface area contributed by atoms with Gasteiger partial charge >= 0.3 is 0 Å². The summed E-state index contributed by atoms with van der Waals surface area (Å²) in [5.74, 6) is -0.251. The van der Waals surface area contributed by atoms with E-state index in [-0.39, 0.29) is 18.2 Å². The second-order valence-corrected chi connectivity index (χ2v) is 6.82. The molecule has 0 aliphatic rings. The quantitative estimate of drug-likeness (QED) is 0.804. The zero-order valence-electron chi connectivity index (χ0n) is 15.5. The van der Waals surface area contributed by atoms with E-state index >= 15 is 0 Å². The van der Waals surface area contributed by atoms with E-state index in [2.05, 4.69) is 5.32 Å². The lowest BCUT2D eigenvalue weighted by Gasteiger charge is -2.29. The number of benzene rings is 2. The summed E-state index contributed by atoms with van der Waals surface area (Å²) >= 11 is 6.06. The smallest absolute Gasteiger partial charge is 0.242 e. The Morgan fingerprint density at radius 2 is 1.81 bits per heavy atom. The van der Waals surface area contributed by atoms with Crippen LogP contribution < -0.4 is 5.32 Å². The first-order valence-corrected chi connectivity index (χ1v) is 9.15. The molecule has 0 heterocycles. The van der Waals surface area contributed by atoms with E-state index in [1.165, 1.54) is 0 Å². The zero-order valence-corrected chi connectivity index (χ0v) is 16.2. The molecule has 0 bridgehead atoms. The van der Waals surface area contributed by atoms with Crippen LogP contribution in [-0.4, -0.2) is 29.3 Å². The van der Waals surface area contributed by atoms with Gasteiger partial charge in [0.1, 0.15) is 6.04 Å². The number of rotatable bonds is 7. The number of aryl methyl sites for hydroxylation is 1. The van der Waals surface area contributed by atoms with Gasteiger partial charge in [0.2, 0.25) is 11.8 Å². The molecule has 0 aromatic heterocycles. The average molecular weight is 373 g/mol. The lowest BCUT2D eigenvalue weighted by atomic mass is 10.1. The first-order valence-electron chi connectivity index (χ1n) is 8.78. The van der Waals surface area contributed by atoms with Gasteiger partial charge in [0, 0.05) is 18.1 Å². The van der Waals surface area contributed by atoms with Gasteiger partial charge in [-0.05, 0) is 44.0 Å². The molecule has 0 spiro atoms. The largest absolute Gasteiger partial charge is 0.355 e. The fraction of sp³-hybridized carbons (Fsp3) is 0.333. The van der Waals surface area contributed by atoms with Crippen molar-refractivity contribution in [3.63, 3.8) is 0 Å². The highest BCUT2D eigenvalue weighted by atomic mass is 35.5. The molecule has 0 radical (unpaired) electrons. The predicted octanol–water partition coefficient (Wildman–Crippen LogP) is 3.74. The number of amides is 2. The van der Waals surface area contributed by atoms with Crippen LogP contribution in [0.15, 0.2) is 48.5 Å². The minimum atomic E-state index is -0.563. The summed E-state index contributed by atoms with van der Waals surface area (Å²) in [6.45, 7) is 6.49. The molecule has 1 N–H and O–H groups in total. The van der Waals surface area contributed by atoms with Crippen molar-refractivity contribution < 1.29 is 9.59 Å². The van der Waals surface area contributed by atoms with Crippen LogP contribution in [-0.2, 0) is 22.6 Å². The predicted molar refractivity (Wildman–Crippen MR) is 105 cm³/mol. The Bertz CT molecular complexity index is 759. The summed E-state index contributed by atoms with van der Waals surface area (Å²) in [5.41, 5.74) is 2.97. The molecule has 5 heteroatoms. The second kappa shape index (κ2) is 9.39. The van der Waals surface area contributed by atoms with Crippen LogP contribution in [0.1, 0.15) is 30.5 Å². The molecule has 0 unspecified atom stereocenters. The lowest BCUT2D eigenvalue weighted by molar-refractivity contribution is -0.140. The molecule has 2 rings (SSSR count). The number of hydrogen-bond acceptors (Lipinski definition) is 2. The number of carbonyl (C=O) groups excluding carboxylic acids is 2. The SMILES string of the molecule is CCNC(=O)[C@@H](C)N(Cc1cccc(Cl)c1)C(=O)Cc1ccc(C)cc1. The molecule has 0 saturated carbocycles. The minimum Gasteiger partial charge on any atom is -0.355 e. The topological polar surface area (TPSA) is 49.4 Å². The summed E-state index contributed by atoms with van der Waals surface area (Å²) in [7, 11) is 0. The molecule has 2 aromatic carbocycles. The Labute approximate surface area is 160 Å². The maximum atomic E-state index is 12.9. The van der Waals surface area contributed by atoms with Gasteiger partial charge in [-0.2, -0.15) is 0 Å². The van der Waals surface area contributed by atoms with Gasteiger partial charge < -0.3 is 10.2 Å². The third-order valence-corrected chi connectivity index (χ3v) is 4.47. The van der Waals surface area contributed by atoms with Gasteiger partial charge in [-0.3, -0.25) is 9.59 Å². The Kier molecular flexibility index (Phi) is 7.22. The van der Waals surface area contributed by atoms with Crippen LogP contribution in [0.25, 0.3) is 0 Å². The van der Waals surface area contributed by atoms with E-state index < -0.39 is 6.04 Å².